The zero-order valence-electron chi connectivity index (χ0n) is 14.9. The number of sulfonamides is 1. The Balaban J connectivity index is 2.00. The molecule has 1 aromatic carbocycles. The molecule has 27 heavy (non-hydrogen) atoms. The van der Waals surface area contributed by atoms with Crippen molar-refractivity contribution >= 4 is 22.0 Å². The van der Waals surface area contributed by atoms with Crippen molar-refractivity contribution in [1.82, 2.24) is 10.0 Å². The van der Waals surface area contributed by atoms with Crippen LogP contribution in [0.2, 0.25) is 0 Å². The Labute approximate surface area is 157 Å². The molecule has 0 heterocycles. The number of hydrogen-bond acceptors (Lipinski definition) is 3. The van der Waals surface area contributed by atoms with Gasteiger partial charge < -0.3 is 5.32 Å². The van der Waals surface area contributed by atoms with Crippen LogP contribution in [0, 0.1) is 5.92 Å². The molecule has 0 spiro atoms. The minimum atomic E-state index is -4.32. The summed E-state index contributed by atoms with van der Waals surface area (Å²) in [5.74, 6) is -2.11. The Morgan fingerprint density at radius 2 is 1.81 bits per heavy atom. The van der Waals surface area contributed by atoms with Gasteiger partial charge >= 0.3 is 6.18 Å². The molecule has 9 heteroatoms. The molecule has 1 aromatic rings. The molecule has 5 nitrogen and oxygen atoms in total. The number of amides is 1. The van der Waals surface area contributed by atoms with Crippen LogP contribution >= 0.6 is 0 Å². The van der Waals surface area contributed by atoms with E-state index in [1.54, 1.807) is 6.92 Å². The molecule has 1 saturated carbocycles. The quantitative estimate of drug-likeness (QED) is 0.715. The van der Waals surface area contributed by atoms with Crippen LogP contribution in [0.4, 0.5) is 13.2 Å². The second-order valence-corrected chi connectivity index (χ2v) is 8.22. The Morgan fingerprint density at radius 1 is 1.19 bits per heavy atom. The Hall–Kier alpha value is -1.87. The van der Waals surface area contributed by atoms with Crippen molar-refractivity contribution in [3.8, 4) is 0 Å². The molecule has 1 aliphatic rings. The smallest absolute Gasteiger partial charge is 0.349 e. The first kappa shape index (κ1) is 21.4. The van der Waals surface area contributed by atoms with Gasteiger partial charge in [-0.25, -0.2) is 13.1 Å². The van der Waals surface area contributed by atoms with E-state index in [0.717, 1.165) is 6.08 Å². The Bertz CT molecular complexity index is 774. The summed E-state index contributed by atoms with van der Waals surface area (Å²) in [5.41, 5.74) is 0.566. The van der Waals surface area contributed by atoms with Gasteiger partial charge in [0.2, 0.25) is 15.9 Å². The highest BCUT2D eigenvalue weighted by Gasteiger charge is 2.45. The second kappa shape index (κ2) is 8.88. The number of nitrogens with one attached hydrogen (secondary N) is 2. The maximum atomic E-state index is 13.1. The van der Waals surface area contributed by atoms with Crippen molar-refractivity contribution < 1.29 is 26.4 Å². The average Bonchev–Trinajstić information content (AvgIpc) is 2.60. The summed E-state index contributed by atoms with van der Waals surface area (Å²) in [7, 11) is -3.56. The van der Waals surface area contributed by atoms with Crippen molar-refractivity contribution in [1.29, 1.82) is 0 Å². The molecule has 2 atom stereocenters. The third kappa shape index (κ3) is 6.07. The SMILES string of the molecule is CCNS(=O)(=O)c1ccc(/C=C/C(=O)NC2CCCCC2C(F)(F)F)cc1. The standard InChI is InChI=1S/C18H23F3N2O3S/c1-2-22-27(25,26)14-10-7-13(8-11-14)9-12-17(24)23-16-6-4-3-5-15(16)18(19,20)21/h7-12,15-16,22H,2-6H2,1H3,(H,23,24)/b12-9+. The van der Waals surface area contributed by atoms with E-state index in [1.807, 2.05) is 0 Å². The first-order valence-corrected chi connectivity index (χ1v) is 10.3. The zero-order valence-corrected chi connectivity index (χ0v) is 15.7. The number of alkyl halides is 3. The van der Waals surface area contributed by atoms with E-state index in [-0.39, 0.29) is 17.9 Å². The number of hydrogen-bond donors (Lipinski definition) is 2. The predicted molar refractivity (Wildman–Crippen MR) is 96.3 cm³/mol. The lowest BCUT2D eigenvalue weighted by atomic mass is 9.84. The van der Waals surface area contributed by atoms with Crippen molar-refractivity contribution in [2.24, 2.45) is 5.92 Å². The predicted octanol–water partition coefficient (Wildman–Crippen LogP) is 3.24. The second-order valence-electron chi connectivity index (χ2n) is 6.45. The van der Waals surface area contributed by atoms with Crippen LogP contribution in [0.1, 0.15) is 38.2 Å². The number of carbonyl (C=O) groups excluding carboxylic acids is 1. The van der Waals surface area contributed by atoms with Crippen LogP contribution in [0.15, 0.2) is 35.2 Å². The van der Waals surface area contributed by atoms with Crippen LogP contribution in [-0.4, -0.2) is 33.1 Å². The summed E-state index contributed by atoms with van der Waals surface area (Å²) >= 11 is 0. The summed E-state index contributed by atoms with van der Waals surface area (Å²) in [4.78, 5) is 12.1. The average molecular weight is 404 g/mol. The van der Waals surface area contributed by atoms with Gasteiger partial charge in [0.15, 0.2) is 0 Å². The van der Waals surface area contributed by atoms with Crippen molar-refractivity contribution in [3.63, 3.8) is 0 Å². The Kier molecular flexibility index (Phi) is 7.05. The molecular weight excluding hydrogens is 381 g/mol. The fourth-order valence-corrected chi connectivity index (χ4v) is 4.17. The molecule has 2 rings (SSSR count). The summed E-state index contributed by atoms with van der Waals surface area (Å²) in [6.07, 6.45) is -0.228. The van der Waals surface area contributed by atoms with Gasteiger partial charge in [-0.1, -0.05) is 31.9 Å². The van der Waals surface area contributed by atoms with Gasteiger partial charge in [0.1, 0.15) is 0 Å². The van der Waals surface area contributed by atoms with Gasteiger partial charge in [-0.2, -0.15) is 13.2 Å². The van der Waals surface area contributed by atoms with E-state index in [4.69, 9.17) is 0 Å². The van der Waals surface area contributed by atoms with E-state index in [9.17, 15) is 26.4 Å². The van der Waals surface area contributed by atoms with Crippen LogP contribution < -0.4 is 10.0 Å². The largest absolute Gasteiger partial charge is 0.393 e. The van der Waals surface area contributed by atoms with Gasteiger partial charge in [0, 0.05) is 18.7 Å². The first-order valence-electron chi connectivity index (χ1n) is 8.78. The highest BCUT2D eigenvalue weighted by Crippen LogP contribution is 2.37. The van der Waals surface area contributed by atoms with Gasteiger partial charge in [-0.15, -0.1) is 0 Å². The van der Waals surface area contributed by atoms with E-state index < -0.39 is 34.1 Å². The van der Waals surface area contributed by atoms with E-state index in [1.165, 1.54) is 30.3 Å². The van der Waals surface area contributed by atoms with Gasteiger partial charge in [-0.05, 0) is 36.6 Å². The molecule has 2 unspecified atom stereocenters. The van der Waals surface area contributed by atoms with Crippen LogP contribution in [-0.2, 0) is 14.8 Å². The summed E-state index contributed by atoms with van der Waals surface area (Å²) in [5, 5.41) is 2.45. The highest BCUT2D eigenvalue weighted by atomic mass is 32.2. The molecular formula is C18H23F3N2O3S. The van der Waals surface area contributed by atoms with Crippen LogP contribution in [0.5, 0.6) is 0 Å². The number of carbonyl (C=O) groups is 1. The lowest BCUT2D eigenvalue weighted by Gasteiger charge is -2.33. The highest BCUT2D eigenvalue weighted by molar-refractivity contribution is 7.89. The Morgan fingerprint density at radius 3 is 2.41 bits per heavy atom. The zero-order chi connectivity index (χ0) is 20.1. The summed E-state index contributed by atoms with van der Waals surface area (Å²) < 4.78 is 65.3. The van der Waals surface area contributed by atoms with Crippen molar-refractivity contribution in [2.45, 2.75) is 49.7 Å². The monoisotopic (exact) mass is 404 g/mol. The summed E-state index contributed by atoms with van der Waals surface area (Å²) in [6.45, 7) is 1.94. The topological polar surface area (TPSA) is 75.3 Å². The minimum absolute atomic E-state index is 0.0277. The van der Waals surface area contributed by atoms with E-state index >= 15 is 0 Å². The maximum absolute atomic E-state index is 13.1. The first-order chi connectivity index (χ1) is 12.6. The third-order valence-corrected chi connectivity index (χ3v) is 6.03. The molecule has 0 aromatic heterocycles. The van der Waals surface area contributed by atoms with E-state index in [0.29, 0.717) is 24.8 Å². The lowest BCUT2D eigenvalue weighted by Crippen LogP contribution is -2.47. The third-order valence-electron chi connectivity index (χ3n) is 4.47. The maximum Gasteiger partial charge on any atom is 0.393 e. The number of rotatable bonds is 6. The van der Waals surface area contributed by atoms with Crippen molar-refractivity contribution in [3.05, 3.63) is 35.9 Å². The van der Waals surface area contributed by atoms with Gasteiger partial charge in [0.25, 0.3) is 0 Å². The molecule has 150 valence electrons. The number of halogens is 3. The summed E-state index contributed by atoms with van der Waals surface area (Å²) in [6, 6.07) is 4.93. The molecule has 0 radical (unpaired) electrons. The molecule has 0 aliphatic heterocycles. The molecule has 0 bridgehead atoms. The molecule has 0 saturated heterocycles. The molecule has 1 aliphatic carbocycles. The minimum Gasteiger partial charge on any atom is -0.349 e. The van der Waals surface area contributed by atoms with Crippen molar-refractivity contribution in [2.75, 3.05) is 6.54 Å². The van der Waals surface area contributed by atoms with Gasteiger partial charge in [0.05, 0.1) is 10.8 Å². The number of benzene rings is 1. The van der Waals surface area contributed by atoms with Crippen LogP contribution in [0.3, 0.4) is 0 Å². The van der Waals surface area contributed by atoms with Crippen LogP contribution in [0.25, 0.3) is 6.08 Å². The lowest BCUT2D eigenvalue weighted by molar-refractivity contribution is -0.188. The fraction of sp³-hybridized carbons (Fsp3) is 0.500. The fourth-order valence-electron chi connectivity index (χ4n) is 3.13. The van der Waals surface area contributed by atoms with Gasteiger partial charge in [-0.3, -0.25) is 4.79 Å². The molecule has 2 N–H and O–H groups in total. The molecule has 1 amide bonds. The molecule has 1 fully saturated rings. The normalized spacial score (nSPS) is 21.3. The van der Waals surface area contributed by atoms with E-state index in [2.05, 4.69) is 10.0 Å².